The van der Waals surface area contributed by atoms with E-state index in [1.54, 1.807) is 0 Å². The van der Waals surface area contributed by atoms with Gasteiger partial charge in [-0.2, -0.15) is 0 Å². The average Bonchev–Trinajstić information content (AvgIpc) is 2.79. The largest absolute Gasteiger partial charge is 0.399 e. The van der Waals surface area contributed by atoms with Gasteiger partial charge in [-0.25, -0.2) is 4.98 Å². The monoisotopic (exact) mass is 299 g/mol. The van der Waals surface area contributed by atoms with E-state index in [9.17, 15) is 0 Å². The Bertz CT molecular complexity index is 805. The lowest BCUT2D eigenvalue weighted by Crippen LogP contribution is -2.03. The second-order valence-corrected chi connectivity index (χ2v) is 5.65. The molecule has 0 unspecified atom stereocenters. The van der Waals surface area contributed by atoms with Crippen LogP contribution in [0.2, 0.25) is 5.02 Å². The Morgan fingerprint density at radius 1 is 1.24 bits per heavy atom. The predicted molar refractivity (Wildman–Crippen MR) is 89.2 cm³/mol. The van der Waals surface area contributed by atoms with Crippen molar-refractivity contribution in [2.24, 2.45) is 0 Å². The number of rotatable bonds is 3. The molecule has 108 valence electrons. The van der Waals surface area contributed by atoms with E-state index in [0.717, 1.165) is 51.7 Å². The minimum Gasteiger partial charge on any atom is -0.399 e. The SMILES string of the molecule is CCCc1nc2cc(N)ccc2n1-c1cccc(Cl)c1C. The van der Waals surface area contributed by atoms with E-state index in [0.29, 0.717) is 0 Å². The smallest absolute Gasteiger partial charge is 0.114 e. The number of hydrogen-bond acceptors (Lipinski definition) is 2. The quantitative estimate of drug-likeness (QED) is 0.723. The van der Waals surface area contributed by atoms with E-state index >= 15 is 0 Å². The van der Waals surface area contributed by atoms with Gasteiger partial charge in [0.1, 0.15) is 5.82 Å². The lowest BCUT2D eigenvalue weighted by atomic mass is 10.2. The fourth-order valence-electron chi connectivity index (χ4n) is 2.65. The third-order valence-corrected chi connectivity index (χ3v) is 4.11. The van der Waals surface area contributed by atoms with E-state index in [1.807, 2.05) is 37.3 Å². The topological polar surface area (TPSA) is 43.8 Å². The molecule has 2 aromatic carbocycles. The molecule has 1 heterocycles. The molecule has 0 spiro atoms. The molecule has 0 aliphatic rings. The van der Waals surface area contributed by atoms with Crippen LogP contribution in [0.3, 0.4) is 0 Å². The van der Waals surface area contributed by atoms with Gasteiger partial charge in [-0.3, -0.25) is 4.57 Å². The van der Waals surface area contributed by atoms with Crippen molar-refractivity contribution in [2.75, 3.05) is 5.73 Å². The van der Waals surface area contributed by atoms with Crippen LogP contribution >= 0.6 is 11.6 Å². The molecule has 4 heteroatoms. The molecule has 3 aromatic rings. The second-order valence-electron chi connectivity index (χ2n) is 5.25. The number of nitrogens with two attached hydrogens (primary N) is 1. The maximum Gasteiger partial charge on any atom is 0.114 e. The Morgan fingerprint density at radius 3 is 2.81 bits per heavy atom. The highest BCUT2D eigenvalue weighted by Crippen LogP contribution is 2.28. The minimum atomic E-state index is 0.734. The van der Waals surface area contributed by atoms with E-state index in [2.05, 4.69) is 17.6 Å². The molecular formula is C17H18ClN3. The molecular weight excluding hydrogens is 282 g/mol. The Hall–Kier alpha value is -2.00. The van der Waals surface area contributed by atoms with E-state index in [4.69, 9.17) is 22.3 Å². The molecule has 0 radical (unpaired) electrons. The van der Waals surface area contributed by atoms with Crippen molar-refractivity contribution < 1.29 is 0 Å². The fourth-order valence-corrected chi connectivity index (χ4v) is 2.82. The van der Waals surface area contributed by atoms with Gasteiger partial charge in [0.2, 0.25) is 0 Å². The highest BCUT2D eigenvalue weighted by molar-refractivity contribution is 6.31. The van der Waals surface area contributed by atoms with Crippen LogP contribution < -0.4 is 5.73 Å². The molecule has 0 aliphatic carbocycles. The summed E-state index contributed by atoms with van der Waals surface area (Å²) in [5.74, 6) is 1.04. The molecule has 0 saturated heterocycles. The lowest BCUT2D eigenvalue weighted by molar-refractivity contribution is 0.816. The summed E-state index contributed by atoms with van der Waals surface area (Å²) < 4.78 is 2.19. The molecule has 0 aliphatic heterocycles. The standard InChI is InChI=1S/C17H18ClN3/c1-3-5-17-20-14-10-12(19)8-9-16(14)21(17)15-7-4-6-13(18)11(15)2/h4,6-10H,3,5,19H2,1-2H3. The van der Waals surface area contributed by atoms with Crippen LogP contribution in [-0.4, -0.2) is 9.55 Å². The summed E-state index contributed by atoms with van der Waals surface area (Å²) >= 11 is 6.28. The zero-order valence-electron chi connectivity index (χ0n) is 12.2. The zero-order chi connectivity index (χ0) is 15.0. The molecule has 0 bridgehead atoms. The van der Waals surface area contributed by atoms with Crippen LogP contribution in [0.4, 0.5) is 5.69 Å². The zero-order valence-corrected chi connectivity index (χ0v) is 13.0. The number of benzene rings is 2. The number of fused-ring (bicyclic) bond motifs is 1. The third-order valence-electron chi connectivity index (χ3n) is 3.70. The average molecular weight is 300 g/mol. The summed E-state index contributed by atoms with van der Waals surface area (Å²) in [6, 6.07) is 11.8. The summed E-state index contributed by atoms with van der Waals surface area (Å²) in [6.07, 6.45) is 1.96. The Morgan fingerprint density at radius 2 is 2.05 bits per heavy atom. The van der Waals surface area contributed by atoms with Crippen LogP contribution in [0.5, 0.6) is 0 Å². The first-order valence-corrected chi connectivity index (χ1v) is 7.52. The molecule has 2 N–H and O–H groups in total. The number of aryl methyl sites for hydroxylation is 1. The number of nitrogens with zero attached hydrogens (tertiary/aromatic N) is 2. The molecule has 0 atom stereocenters. The predicted octanol–water partition coefficient (Wildman–Crippen LogP) is 4.52. The van der Waals surface area contributed by atoms with Gasteiger partial charge >= 0.3 is 0 Å². The first kappa shape index (κ1) is 14.0. The summed E-state index contributed by atoms with van der Waals surface area (Å²) in [6.45, 7) is 4.19. The van der Waals surface area contributed by atoms with E-state index in [-0.39, 0.29) is 0 Å². The Balaban J connectivity index is 2.33. The van der Waals surface area contributed by atoms with Crippen molar-refractivity contribution in [3.05, 3.63) is 52.8 Å². The first-order chi connectivity index (χ1) is 10.1. The second kappa shape index (κ2) is 5.41. The van der Waals surface area contributed by atoms with Gasteiger partial charge in [0.15, 0.2) is 0 Å². The van der Waals surface area contributed by atoms with Gasteiger partial charge in [-0.15, -0.1) is 0 Å². The number of aromatic nitrogens is 2. The molecule has 0 amide bonds. The number of anilines is 1. The van der Waals surface area contributed by atoms with Crippen molar-refractivity contribution >= 4 is 28.3 Å². The summed E-state index contributed by atoms with van der Waals surface area (Å²) in [5.41, 5.74) is 10.8. The number of halogens is 1. The van der Waals surface area contributed by atoms with Crippen molar-refractivity contribution in [1.82, 2.24) is 9.55 Å². The van der Waals surface area contributed by atoms with Crippen molar-refractivity contribution in [2.45, 2.75) is 26.7 Å². The number of nitrogen functional groups attached to an aromatic ring is 1. The first-order valence-electron chi connectivity index (χ1n) is 7.14. The highest BCUT2D eigenvalue weighted by atomic mass is 35.5. The summed E-state index contributed by atoms with van der Waals surface area (Å²) in [4.78, 5) is 4.75. The molecule has 1 aromatic heterocycles. The summed E-state index contributed by atoms with van der Waals surface area (Å²) in [7, 11) is 0. The molecule has 0 fully saturated rings. The van der Waals surface area contributed by atoms with Gasteiger partial charge in [-0.1, -0.05) is 24.6 Å². The van der Waals surface area contributed by atoms with Crippen molar-refractivity contribution in [3.63, 3.8) is 0 Å². The maximum absolute atomic E-state index is 6.28. The highest BCUT2D eigenvalue weighted by Gasteiger charge is 2.14. The fraction of sp³-hybridized carbons (Fsp3) is 0.235. The van der Waals surface area contributed by atoms with Crippen LogP contribution in [0.15, 0.2) is 36.4 Å². The molecule has 21 heavy (non-hydrogen) atoms. The van der Waals surface area contributed by atoms with Crippen LogP contribution in [0.25, 0.3) is 16.7 Å². The lowest BCUT2D eigenvalue weighted by Gasteiger charge is -2.13. The van der Waals surface area contributed by atoms with Gasteiger partial charge in [-0.05, 0) is 49.2 Å². The maximum atomic E-state index is 6.28. The molecule has 0 saturated carbocycles. The van der Waals surface area contributed by atoms with E-state index < -0.39 is 0 Å². The van der Waals surface area contributed by atoms with Gasteiger partial charge in [0.05, 0.1) is 16.7 Å². The van der Waals surface area contributed by atoms with Crippen LogP contribution in [0, 0.1) is 6.92 Å². The van der Waals surface area contributed by atoms with Crippen molar-refractivity contribution in [1.29, 1.82) is 0 Å². The normalized spacial score (nSPS) is 11.2. The van der Waals surface area contributed by atoms with E-state index in [1.165, 1.54) is 0 Å². The summed E-state index contributed by atoms with van der Waals surface area (Å²) in [5, 5.41) is 0.771. The van der Waals surface area contributed by atoms with Gasteiger partial charge < -0.3 is 5.73 Å². The van der Waals surface area contributed by atoms with Crippen LogP contribution in [0.1, 0.15) is 24.7 Å². The molecule has 3 rings (SSSR count). The number of hydrogen-bond donors (Lipinski definition) is 1. The Kier molecular flexibility index (Phi) is 3.60. The minimum absolute atomic E-state index is 0.734. The Labute approximate surface area is 129 Å². The van der Waals surface area contributed by atoms with Crippen LogP contribution in [-0.2, 0) is 6.42 Å². The third kappa shape index (κ3) is 2.38. The molecule has 3 nitrogen and oxygen atoms in total. The van der Waals surface area contributed by atoms with Gasteiger partial charge in [0.25, 0.3) is 0 Å². The van der Waals surface area contributed by atoms with Crippen molar-refractivity contribution in [3.8, 4) is 5.69 Å². The number of imidazole rings is 1. The van der Waals surface area contributed by atoms with Gasteiger partial charge in [0, 0.05) is 17.1 Å².